The molecule has 0 amide bonds. The van der Waals surface area contributed by atoms with Crippen molar-refractivity contribution in [3.05, 3.63) is 12.7 Å². The number of imidazole rings is 1. The second kappa shape index (κ2) is 6.10. The molecule has 2 aromatic rings. The van der Waals surface area contributed by atoms with Crippen molar-refractivity contribution >= 4 is 22.9 Å². The van der Waals surface area contributed by atoms with Gasteiger partial charge in [0.15, 0.2) is 5.65 Å². The number of nitrogens with one attached hydrogen (secondary N) is 2. The molecule has 3 unspecified atom stereocenters. The molecule has 2 heterocycles. The van der Waals surface area contributed by atoms with Crippen LogP contribution in [0.3, 0.4) is 0 Å². The smallest absolute Gasteiger partial charge is 0.181 e. The highest BCUT2D eigenvalue weighted by atomic mass is 32.2. The topological polar surface area (TPSA) is 66.5 Å². The lowest BCUT2D eigenvalue weighted by Crippen LogP contribution is -2.33. The van der Waals surface area contributed by atoms with E-state index in [9.17, 15) is 0 Å². The minimum absolute atomic E-state index is 0.616. The molecule has 1 aliphatic rings. The molecule has 5 nitrogen and oxygen atoms in total. The Balaban J connectivity index is 1.71. The van der Waals surface area contributed by atoms with E-state index in [1.54, 1.807) is 12.7 Å². The predicted molar refractivity (Wildman–Crippen MR) is 81.8 cm³/mol. The molecule has 1 saturated carbocycles. The lowest BCUT2D eigenvalue weighted by Gasteiger charge is -2.21. The number of hydrogen-bond acceptors (Lipinski definition) is 5. The highest BCUT2D eigenvalue weighted by Gasteiger charge is 2.33. The van der Waals surface area contributed by atoms with Crippen molar-refractivity contribution in [2.24, 2.45) is 5.92 Å². The zero-order valence-electron chi connectivity index (χ0n) is 12.0. The fourth-order valence-electron chi connectivity index (χ4n) is 2.89. The Morgan fingerprint density at radius 3 is 3.10 bits per heavy atom. The minimum atomic E-state index is 0.616. The molecule has 3 rings (SSSR count). The summed E-state index contributed by atoms with van der Waals surface area (Å²) in [7, 11) is 0. The maximum absolute atomic E-state index is 4.42. The third kappa shape index (κ3) is 2.67. The largest absolute Gasteiger partial charge is 0.341 e. The maximum atomic E-state index is 4.42. The van der Waals surface area contributed by atoms with E-state index >= 15 is 0 Å². The van der Waals surface area contributed by atoms with Crippen molar-refractivity contribution in [3.63, 3.8) is 0 Å². The van der Waals surface area contributed by atoms with E-state index in [1.165, 1.54) is 19.3 Å². The summed E-state index contributed by atoms with van der Waals surface area (Å²) in [5.74, 6) is 0.666. The first-order valence-electron chi connectivity index (χ1n) is 7.33. The summed E-state index contributed by atoms with van der Waals surface area (Å²) in [5.41, 5.74) is 1.73. The third-order valence-corrected chi connectivity index (χ3v) is 5.59. The molecule has 6 heteroatoms. The van der Waals surface area contributed by atoms with Crippen LogP contribution in [0.2, 0.25) is 0 Å². The van der Waals surface area contributed by atoms with Gasteiger partial charge in [-0.1, -0.05) is 13.8 Å². The van der Waals surface area contributed by atoms with E-state index in [4.69, 9.17) is 0 Å². The van der Waals surface area contributed by atoms with Crippen molar-refractivity contribution in [1.29, 1.82) is 0 Å². The minimum Gasteiger partial charge on any atom is -0.341 e. The van der Waals surface area contributed by atoms with Gasteiger partial charge in [0.25, 0.3) is 0 Å². The van der Waals surface area contributed by atoms with Crippen LogP contribution in [0.4, 0.5) is 0 Å². The van der Waals surface area contributed by atoms with Crippen molar-refractivity contribution < 1.29 is 0 Å². The number of rotatable bonds is 5. The van der Waals surface area contributed by atoms with Crippen LogP contribution >= 0.6 is 11.8 Å². The molecule has 20 heavy (non-hydrogen) atoms. The molecular weight excluding hydrogens is 270 g/mol. The first-order valence-corrected chi connectivity index (χ1v) is 8.21. The maximum Gasteiger partial charge on any atom is 0.181 e. The van der Waals surface area contributed by atoms with Gasteiger partial charge in [-0.15, -0.1) is 11.8 Å². The number of hydrogen-bond donors (Lipinski definition) is 2. The van der Waals surface area contributed by atoms with E-state index in [2.05, 4.69) is 39.1 Å². The molecule has 0 bridgehead atoms. The number of H-pyrrole nitrogens is 1. The monoisotopic (exact) mass is 291 g/mol. The van der Waals surface area contributed by atoms with Gasteiger partial charge in [-0.3, -0.25) is 0 Å². The van der Waals surface area contributed by atoms with Gasteiger partial charge in [-0.05, 0) is 31.7 Å². The second-order valence-electron chi connectivity index (χ2n) is 5.43. The summed E-state index contributed by atoms with van der Waals surface area (Å²) in [6.07, 6.45) is 7.00. The standard InChI is InChI=1S/C14H21N5S/c1-3-6-15-10-4-5-11(9(10)2)20-14-12-13(17-7-16-12)18-8-19-14/h7-11,15H,3-6H2,1-2H3,(H,16,17,18,19). The van der Waals surface area contributed by atoms with E-state index in [-0.39, 0.29) is 0 Å². The van der Waals surface area contributed by atoms with E-state index < -0.39 is 0 Å². The Labute approximate surface area is 123 Å². The van der Waals surface area contributed by atoms with Crippen LogP contribution in [0.5, 0.6) is 0 Å². The molecule has 0 radical (unpaired) electrons. The van der Waals surface area contributed by atoms with Crippen LogP contribution in [-0.2, 0) is 0 Å². The molecule has 0 aliphatic heterocycles. The molecule has 2 N–H and O–H groups in total. The summed E-state index contributed by atoms with van der Waals surface area (Å²) < 4.78 is 0. The third-order valence-electron chi connectivity index (χ3n) is 4.09. The highest BCUT2D eigenvalue weighted by molar-refractivity contribution is 8.00. The van der Waals surface area contributed by atoms with E-state index in [0.717, 1.165) is 22.7 Å². The Morgan fingerprint density at radius 1 is 1.35 bits per heavy atom. The van der Waals surface area contributed by atoms with E-state index in [1.807, 2.05) is 11.8 Å². The number of thioether (sulfide) groups is 1. The molecular formula is C14H21N5S. The average molecular weight is 291 g/mol. The molecule has 2 aromatic heterocycles. The Kier molecular flexibility index (Phi) is 4.21. The van der Waals surface area contributed by atoms with Crippen molar-refractivity contribution in [2.75, 3.05) is 6.54 Å². The summed E-state index contributed by atoms with van der Waals surface area (Å²) in [4.78, 5) is 15.9. The predicted octanol–water partition coefficient (Wildman–Crippen LogP) is 2.61. The van der Waals surface area contributed by atoms with Crippen LogP contribution in [0.15, 0.2) is 17.7 Å². The zero-order valence-corrected chi connectivity index (χ0v) is 12.8. The Bertz CT molecular complexity index is 569. The highest BCUT2D eigenvalue weighted by Crippen LogP contribution is 2.39. The molecule has 108 valence electrons. The summed E-state index contributed by atoms with van der Waals surface area (Å²) in [6.45, 7) is 5.68. The number of aromatic amines is 1. The van der Waals surface area contributed by atoms with E-state index in [0.29, 0.717) is 17.2 Å². The van der Waals surface area contributed by atoms with Gasteiger partial charge in [-0.2, -0.15) is 0 Å². The van der Waals surface area contributed by atoms with Crippen molar-refractivity contribution in [3.8, 4) is 0 Å². The van der Waals surface area contributed by atoms with Crippen LogP contribution in [0.1, 0.15) is 33.1 Å². The van der Waals surface area contributed by atoms with Crippen LogP contribution in [0.25, 0.3) is 11.2 Å². The first kappa shape index (κ1) is 13.8. The zero-order chi connectivity index (χ0) is 13.9. The number of nitrogens with zero attached hydrogens (tertiary/aromatic N) is 3. The van der Waals surface area contributed by atoms with Crippen molar-refractivity contribution in [1.82, 2.24) is 25.3 Å². The SMILES string of the molecule is CCCNC1CCC(Sc2ncnc3nc[nH]c23)C1C. The van der Waals surface area contributed by atoms with Gasteiger partial charge in [0.2, 0.25) is 0 Å². The lowest BCUT2D eigenvalue weighted by molar-refractivity contribution is 0.431. The van der Waals surface area contributed by atoms with Gasteiger partial charge in [0.1, 0.15) is 16.9 Å². The van der Waals surface area contributed by atoms with Gasteiger partial charge < -0.3 is 10.3 Å². The van der Waals surface area contributed by atoms with Crippen molar-refractivity contribution in [2.45, 2.75) is 49.4 Å². The molecule has 0 spiro atoms. The second-order valence-corrected chi connectivity index (χ2v) is 6.66. The average Bonchev–Trinajstić information content (AvgIpc) is 3.06. The fourth-order valence-corrected chi connectivity index (χ4v) is 4.21. The van der Waals surface area contributed by atoms with Crippen LogP contribution in [-0.4, -0.2) is 37.8 Å². The summed E-state index contributed by atoms with van der Waals surface area (Å²) >= 11 is 1.87. The van der Waals surface area contributed by atoms with Gasteiger partial charge >= 0.3 is 0 Å². The first-order chi connectivity index (χ1) is 9.79. The molecule has 1 fully saturated rings. The Hall–Kier alpha value is -1.14. The fraction of sp³-hybridized carbons (Fsp3) is 0.643. The lowest BCUT2D eigenvalue weighted by atomic mass is 10.1. The molecule has 3 atom stereocenters. The Morgan fingerprint density at radius 2 is 2.25 bits per heavy atom. The number of aromatic nitrogens is 4. The van der Waals surface area contributed by atoms with Crippen LogP contribution < -0.4 is 5.32 Å². The molecule has 0 aromatic carbocycles. The summed E-state index contributed by atoms with van der Waals surface area (Å²) in [6, 6.07) is 0.645. The number of fused-ring (bicyclic) bond motifs is 1. The summed E-state index contributed by atoms with van der Waals surface area (Å²) in [5, 5.41) is 5.31. The van der Waals surface area contributed by atoms with Crippen LogP contribution in [0, 0.1) is 5.92 Å². The quantitative estimate of drug-likeness (QED) is 0.829. The molecule has 1 aliphatic carbocycles. The van der Waals surface area contributed by atoms with Gasteiger partial charge in [-0.25, -0.2) is 15.0 Å². The normalized spacial score (nSPS) is 26.4. The van der Waals surface area contributed by atoms with Gasteiger partial charge in [0.05, 0.1) is 6.33 Å². The molecule has 0 saturated heterocycles. The van der Waals surface area contributed by atoms with Gasteiger partial charge in [0, 0.05) is 11.3 Å².